The van der Waals surface area contributed by atoms with E-state index in [1.807, 2.05) is 4.57 Å². The molecule has 98 valence electrons. The second kappa shape index (κ2) is 3.37. The molecule has 3 rings (SSSR count). The molecule has 3 atom stereocenters. The summed E-state index contributed by atoms with van der Waals surface area (Å²) in [5.41, 5.74) is 0.672. The van der Waals surface area contributed by atoms with Gasteiger partial charge in [0.05, 0.1) is 6.33 Å². The quantitative estimate of drug-likeness (QED) is 0.875. The highest BCUT2D eigenvalue weighted by molar-refractivity contribution is 5.84. The van der Waals surface area contributed by atoms with E-state index >= 15 is 0 Å². The number of carboxylic acid groups (broad SMARTS) is 1. The minimum absolute atomic E-state index is 0.150. The molecular weight excluding hydrogens is 228 g/mol. The maximum absolute atomic E-state index is 11.0. The minimum Gasteiger partial charge on any atom is -0.476 e. The lowest BCUT2D eigenvalue weighted by molar-refractivity contribution is 0.0686. The number of hydrogen-bond acceptors (Lipinski definition) is 2. The van der Waals surface area contributed by atoms with Crippen LogP contribution in [-0.4, -0.2) is 20.6 Å². The van der Waals surface area contributed by atoms with Gasteiger partial charge in [-0.2, -0.15) is 0 Å². The Morgan fingerprint density at radius 1 is 1.50 bits per heavy atom. The van der Waals surface area contributed by atoms with Crippen LogP contribution in [-0.2, 0) is 0 Å². The largest absolute Gasteiger partial charge is 0.476 e. The first-order chi connectivity index (χ1) is 8.34. The number of fused-ring (bicyclic) bond motifs is 2. The van der Waals surface area contributed by atoms with E-state index in [0.717, 1.165) is 5.92 Å². The van der Waals surface area contributed by atoms with E-state index in [9.17, 15) is 4.79 Å². The highest BCUT2D eigenvalue weighted by atomic mass is 16.4. The highest BCUT2D eigenvalue weighted by Crippen LogP contribution is 2.67. The Labute approximate surface area is 107 Å². The third-order valence-electron chi connectivity index (χ3n) is 5.31. The summed E-state index contributed by atoms with van der Waals surface area (Å²) in [4.78, 5) is 15.0. The van der Waals surface area contributed by atoms with Crippen molar-refractivity contribution in [3.05, 3.63) is 18.2 Å². The van der Waals surface area contributed by atoms with Gasteiger partial charge in [-0.25, -0.2) is 9.78 Å². The molecule has 1 aromatic heterocycles. The monoisotopic (exact) mass is 248 g/mol. The third-order valence-corrected chi connectivity index (χ3v) is 5.31. The number of carboxylic acids is 1. The summed E-state index contributed by atoms with van der Waals surface area (Å²) >= 11 is 0. The van der Waals surface area contributed by atoms with Gasteiger partial charge in [-0.3, -0.25) is 0 Å². The van der Waals surface area contributed by atoms with Gasteiger partial charge in [0.2, 0.25) is 0 Å². The average molecular weight is 248 g/mol. The molecule has 3 unspecified atom stereocenters. The Balaban J connectivity index is 2.02. The van der Waals surface area contributed by atoms with Gasteiger partial charge >= 0.3 is 5.97 Å². The van der Waals surface area contributed by atoms with Gasteiger partial charge in [0.25, 0.3) is 0 Å². The molecule has 0 saturated heterocycles. The van der Waals surface area contributed by atoms with Crippen molar-refractivity contribution in [2.24, 2.45) is 16.7 Å². The first kappa shape index (κ1) is 11.8. The van der Waals surface area contributed by atoms with Crippen molar-refractivity contribution in [2.75, 3.05) is 0 Å². The van der Waals surface area contributed by atoms with Crippen molar-refractivity contribution in [3.8, 4) is 0 Å². The molecule has 18 heavy (non-hydrogen) atoms. The number of rotatable bonds is 2. The number of aromatic carboxylic acids is 1. The molecule has 2 fully saturated rings. The number of imidazole rings is 1. The van der Waals surface area contributed by atoms with Crippen molar-refractivity contribution in [1.82, 2.24) is 9.55 Å². The van der Waals surface area contributed by atoms with Crippen LogP contribution >= 0.6 is 0 Å². The van der Waals surface area contributed by atoms with Crippen molar-refractivity contribution in [2.45, 2.75) is 46.1 Å². The fraction of sp³-hybridized carbons (Fsp3) is 0.714. The maximum Gasteiger partial charge on any atom is 0.356 e. The van der Waals surface area contributed by atoms with E-state index in [0.29, 0.717) is 11.5 Å². The second-order valence-electron chi connectivity index (χ2n) is 6.83. The maximum atomic E-state index is 11.0. The smallest absolute Gasteiger partial charge is 0.356 e. The normalized spacial score (nSPS) is 37.1. The molecule has 1 aromatic rings. The van der Waals surface area contributed by atoms with E-state index in [2.05, 4.69) is 25.8 Å². The minimum atomic E-state index is -0.945. The molecule has 2 aliphatic carbocycles. The first-order valence-electron chi connectivity index (χ1n) is 6.61. The zero-order valence-electron chi connectivity index (χ0n) is 11.2. The molecule has 0 aromatic carbocycles. The lowest BCUT2D eigenvalue weighted by Crippen LogP contribution is -2.36. The SMILES string of the molecule is CC12CCC(C1)C(C)(C)C2n1cnc(C(=O)O)c1. The Morgan fingerprint density at radius 3 is 2.72 bits per heavy atom. The Kier molecular flexibility index (Phi) is 2.20. The van der Waals surface area contributed by atoms with Crippen LogP contribution in [0.1, 0.15) is 56.6 Å². The van der Waals surface area contributed by atoms with Crippen LogP contribution in [0.15, 0.2) is 12.5 Å². The fourth-order valence-corrected chi connectivity index (χ4v) is 4.61. The summed E-state index contributed by atoms with van der Waals surface area (Å²) in [7, 11) is 0. The number of hydrogen-bond donors (Lipinski definition) is 1. The van der Waals surface area contributed by atoms with E-state index in [1.54, 1.807) is 12.5 Å². The van der Waals surface area contributed by atoms with Crippen LogP contribution in [0, 0.1) is 16.7 Å². The molecule has 1 heterocycles. The molecule has 0 amide bonds. The van der Waals surface area contributed by atoms with E-state index in [1.165, 1.54) is 19.3 Å². The number of nitrogens with zero attached hydrogens (tertiary/aromatic N) is 2. The molecule has 2 saturated carbocycles. The molecule has 0 spiro atoms. The van der Waals surface area contributed by atoms with E-state index in [-0.39, 0.29) is 11.1 Å². The Hall–Kier alpha value is -1.32. The summed E-state index contributed by atoms with van der Waals surface area (Å²) in [6, 6.07) is 0.365. The summed E-state index contributed by atoms with van der Waals surface area (Å²) in [6.45, 7) is 6.97. The summed E-state index contributed by atoms with van der Waals surface area (Å²) in [6.07, 6.45) is 7.20. The fourth-order valence-electron chi connectivity index (χ4n) is 4.61. The molecule has 0 aliphatic heterocycles. The summed E-state index contributed by atoms with van der Waals surface area (Å²) in [5, 5.41) is 8.99. The molecule has 0 radical (unpaired) electrons. The van der Waals surface area contributed by atoms with Crippen molar-refractivity contribution >= 4 is 5.97 Å². The zero-order chi connectivity index (χ0) is 13.1. The van der Waals surface area contributed by atoms with Gasteiger partial charge in [-0.05, 0) is 36.0 Å². The van der Waals surface area contributed by atoms with Crippen LogP contribution in [0.2, 0.25) is 0 Å². The van der Waals surface area contributed by atoms with Crippen molar-refractivity contribution in [1.29, 1.82) is 0 Å². The molecular formula is C14H20N2O2. The van der Waals surface area contributed by atoms with Gasteiger partial charge in [-0.1, -0.05) is 20.8 Å². The lowest BCUT2D eigenvalue weighted by Gasteiger charge is -2.43. The average Bonchev–Trinajstić information content (AvgIpc) is 2.88. The third kappa shape index (κ3) is 1.38. The van der Waals surface area contributed by atoms with Crippen LogP contribution in [0.3, 0.4) is 0 Å². The van der Waals surface area contributed by atoms with Gasteiger partial charge < -0.3 is 9.67 Å². The van der Waals surface area contributed by atoms with Crippen LogP contribution in [0.4, 0.5) is 0 Å². The van der Waals surface area contributed by atoms with E-state index in [4.69, 9.17) is 5.11 Å². The first-order valence-corrected chi connectivity index (χ1v) is 6.61. The van der Waals surface area contributed by atoms with Crippen LogP contribution in [0.5, 0.6) is 0 Å². The topological polar surface area (TPSA) is 55.1 Å². The van der Waals surface area contributed by atoms with Crippen molar-refractivity contribution < 1.29 is 9.90 Å². The Morgan fingerprint density at radius 2 is 2.22 bits per heavy atom. The molecule has 1 N–H and O–H groups in total. The van der Waals surface area contributed by atoms with Crippen molar-refractivity contribution in [3.63, 3.8) is 0 Å². The number of carbonyl (C=O) groups is 1. The van der Waals surface area contributed by atoms with Gasteiger partial charge in [0.15, 0.2) is 5.69 Å². The van der Waals surface area contributed by atoms with Crippen LogP contribution < -0.4 is 0 Å². The number of aromatic nitrogens is 2. The van der Waals surface area contributed by atoms with Gasteiger partial charge in [-0.15, -0.1) is 0 Å². The molecule has 2 bridgehead atoms. The molecule has 4 heteroatoms. The Bertz CT molecular complexity index is 501. The van der Waals surface area contributed by atoms with Gasteiger partial charge in [0.1, 0.15) is 0 Å². The van der Waals surface area contributed by atoms with E-state index < -0.39 is 5.97 Å². The summed E-state index contributed by atoms with van der Waals surface area (Å²) < 4.78 is 2.04. The predicted molar refractivity (Wildman–Crippen MR) is 67.5 cm³/mol. The van der Waals surface area contributed by atoms with Crippen LogP contribution in [0.25, 0.3) is 0 Å². The standard InChI is InChI=1S/C14H20N2O2/c1-13(2)9-4-5-14(3,6-9)12(13)16-7-10(11(17)18)15-8-16/h7-9,12H,4-6H2,1-3H3,(H,17,18). The highest BCUT2D eigenvalue weighted by Gasteiger charge is 2.59. The second-order valence-corrected chi connectivity index (χ2v) is 6.83. The zero-order valence-corrected chi connectivity index (χ0v) is 11.2. The molecule has 2 aliphatic rings. The lowest BCUT2D eigenvalue weighted by atomic mass is 9.68. The molecule has 4 nitrogen and oxygen atoms in total. The summed E-state index contributed by atoms with van der Waals surface area (Å²) in [5.74, 6) is -0.192. The van der Waals surface area contributed by atoms with Gasteiger partial charge in [0, 0.05) is 12.2 Å². The predicted octanol–water partition coefficient (Wildman–Crippen LogP) is 2.97.